The third-order valence-corrected chi connectivity index (χ3v) is 6.94. The Balaban J connectivity index is 2.18. The first kappa shape index (κ1) is 19.7. The zero-order chi connectivity index (χ0) is 18.7. The number of nitrogens with zero attached hydrogens (tertiary/aromatic N) is 1. The van der Waals surface area contributed by atoms with E-state index in [4.69, 9.17) is 15.4 Å². The molecule has 0 aliphatic heterocycles. The van der Waals surface area contributed by atoms with E-state index in [2.05, 4.69) is 0 Å². The van der Waals surface area contributed by atoms with Crippen LogP contribution in [0.2, 0.25) is 0 Å². The number of halogens is 1. The maximum Gasteiger partial charge on any atom is 0.261 e. The van der Waals surface area contributed by atoms with Gasteiger partial charge in [-0.1, -0.05) is 13.8 Å². The summed E-state index contributed by atoms with van der Waals surface area (Å²) in [6.45, 7) is 4.35. The minimum absolute atomic E-state index is 0.0258. The molecule has 2 rings (SSSR count). The Labute approximate surface area is 152 Å². The van der Waals surface area contributed by atoms with Crippen molar-refractivity contribution in [2.24, 2.45) is 0 Å². The van der Waals surface area contributed by atoms with Gasteiger partial charge in [0.15, 0.2) is 0 Å². The molecule has 25 heavy (non-hydrogen) atoms. The highest BCUT2D eigenvalue weighted by atomic mass is 35.7. The second-order valence-corrected chi connectivity index (χ2v) is 9.58. The topological polar surface area (TPSA) is 80.8 Å². The zero-order valence-electron chi connectivity index (χ0n) is 13.7. The highest BCUT2D eigenvalue weighted by Crippen LogP contribution is 2.26. The molecule has 0 spiro atoms. The molecule has 0 aromatic heterocycles. The Bertz CT molecular complexity index is 919. The summed E-state index contributed by atoms with van der Waals surface area (Å²) in [5.41, 5.74) is 0. The van der Waals surface area contributed by atoms with Gasteiger partial charge in [-0.2, -0.15) is 4.31 Å². The molecule has 2 aromatic carbocycles. The summed E-state index contributed by atoms with van der Waals surface area (Å²) in [5.74, 6) is 0.836. The van der Waals surface area contributed by atoms with Crippen LogP contribution >= 0.6 is 10.7 Å². The molecule has 0 saturated heterocycles. The third kappa shape index (κ3) is 4.72. The molecule has 6 nitrogen and oxygen atoms in total. The largest absolute Gasteiger partial charge is 0.457 e. The van der Waals surface area contributed by atoms with Gasteiger partial charge in [-0.25, -0.2) is 16.8 Å². The van der Waals surface area contributed by atoms with Gasteiger partial charge in [0, 0.05) is 23.8 Å². The normalized spacial score (nSPS) is 12.3. The first-order valence-electron chi connectivity index (χ1n) is 7.51. The monoisotopic (exact) mass is 403 g/mol. The van der Waals surface area contributed by atoms with Crippen LogP contribution in [-0.4, -0.2) is 34.2 Å². The molecule has 9 heteroatoms. The van der Waals surface area contributed by atoms with E-state index >= 15 is 0 Å². The van der Waals surface area contributed by atoms with Gasteiger partial charge >= 0.3 is 0 Å². The van der Waals surface area contributed by atoms with Crippen LogP contribution in [0, 0.1) is 0 Å². The Kier molecular flexibility index (Phi) is 6.10. The van der Waals surface area contributed by atoms with Crippen molar-refractivity contribution in [2.45, 2.75) is 23.6 Å². The molecular weight excluding hydrogens is 386 g/mol. The number of hydrogen-bond donors (Lipinski definition) is 0. The van der Waals surface area contributed by atoms with Crippen molar-refractivity contribution in [3.63, 3.8) is 0 Å². The van der Waals surface area contributed by atoms with Crippen LogP contribution in [-0.2, 0) is 19.1 Å². The number of benzene rings is 2. The van der Waals surface area contributed by atoms with Crippen LogP contribution in [0.15, 0.2) is 58.3 Å². The molecule has 0 atom stereocenters. The van der Waals surface area contributed by atoms with Crippen molar-refractivity contribution < 1.29 is 21.6 Å². The van der Waals surface area contributed by atoms with E-state index in [0.29, 0.717) is 24.6 Å². The average Bonchev–Trinajstić information content (AvgIpc) is 2.56. The standard InChI is InChI=1S/C16H18ClNO5S2/c1-3-18(4-2)25(21,22)16-11-7-14(8-12-16)23-13-5-9-15(10-6-13)24(17,19)20/h5-12H,3-4H2,1-2H3. The SMILES string of the molecule is CCN(CC)S(=O)(=O)c1ccc(Oc2ccc(S(=O)(=O)Cl)cc2)cc1. The van der Waals surface area contributed by atoms with E-state index in [1.165, 1.54) is 40.7 Å². The quantitative estimate of drug-likeness (QED) is 0.661. The molecule has 0 amide bonds. The number of ether oxygens (including phenoxy) is 1. The Morgan fingerprint density at radius 3 is 1.56 bits per heavy atom. The summed E-state index contributed by atoms with van der Waals surface area (Å²) in [5, 5.41) is 0. The highest BCUT2D eigenvalue weighted by molar-refractivity contribution is 8.13. The lowest BCUT2D eigenvalue weighted by atomic mass is 10.3. The zero-order valence-corrected chi connectivity index (χ0v) is 16.1. The van der Waals surface area contributed by atoms with Crippen molar-refractivity contribution in [1.29, 1.82) is 0 Å². The van der Waals surface area contributed by atoms with E-state index in [0.717, 1.165) is 0 Å². The van der Waals surface area contributed by atoms with Gasteiger partial charge in [-0.05, 0) is 48.5 Å². The number of hydrogen-bond acceptors (Lipinski definition) is 5. The molecule has 0 heterocycles. The van der Waals surface area contributed by atoms with Gasteiger partial charge < -0.3 is 4.74 Å². The predicted molar refractivity (Wildman–Crippen MR) is 96.1 cm³/mol. The Morgan fingerprint density at radius 2 is 1.20 bits per heavy atom. The molecule has 0 N–H and O–H groups in total. The summed E-state index contributed by atoms with van der Waals surface area (Å²) < 4.78 is 54.2. The van der Waals surface area contributed by atoms with Gasteiger partial charge in [-0.15, -0.1) is 0 Å². The fraction of sp³-hybridized carbons (Fsp3) is 0.250. The van der Waals surface area contributed by atoms with Crippen LogP contribution in [0.4, 0.5) is 0 Å². The van der Waals surface area contributed by atoms with Crippen molar-refractivity contribution >= 4 is 29.8 Å². The summed E-state index contributed by atoms with van der Waals surface area (Å²) >= 11 is 0. The van der Waals surface area contributed by atoms with Crippen LogP contribution in [0.25, 0.3) is 0 Å². The van der Waals surface area contributed by atoms with Crippen molar-refractivity contribution in [3.8, 4) is 11.5 Å². The number of rotatable bonds is 7. The van der Waals surface area contributed by atoms with E-state index in [-0.39, 0.29) is 9.79 Å². The van der Waals surface area contributed by atoms with Gasteiger partial charge in [0.1, 0.15) is 11.5 Å². The average molecular weight is 404 g/mol. The predicted octanol–water partition coefficient (Wildman–Crippen LogP) is 3.44. The molecular formula is C16H18ClNO5S2. The smallest absolute Gasteiger partial charge is 0.261 e. The summed E-state index contributed by atoms with van der Waals surface area (Å²) in [4.78, 5) is 0.161. The van der Waals surface area contributed by atoms with Crippen LogP contribution < -0.4 is 4.74 Å². The maximum absolute atomic E-state index is 12.4. The van der Waals surface area contributed by atoms with Crippen molar-refractivity contribution in [1.82, 2.24) is 4.31 Å². The minimum Gasteiger partial charge on any atom is -0.457 e. The fourth-order valence-corrected chi connectivity index (χ4v) is 4.43. The molecule has 0 radical (unpaired) electrons. The Morgan fingerprint density at radius 1 is 0.800 bits per heavy atom. The molecule has 2 aromatic rings. The lowest BCUT2D eigenvalue weighted by Crippen LogP contribution is -2.30. The second kappa shape index (κ2) is 7.74. The van der Waals surface area contributed by atoms with E-state index < -0.39 is 19.1 Å². The third-order valence-electron chi connectivity index (χ3n) is 3.51. The summed E-state index contributed by atoms with van der Waals surface area (Å²) in [6, 6.07) is 11.6. The number of sulfonamides is 1. The molecule has 0 saturated carbocycles. The van der Waals surface area contributed by atoms with Gasteiger partial charge in [0.25, 0.3) is 9.05 Å². The lowest BCUT2D eigenvalue weighted by Gasteiger charge is -2.18. The molecule has 0 bridgehead atoms. The molecule has 0 aliphatic rings. The van der Waals surface area contributed by atoms with Crippen molar-refractivity contribution in [2.75, 3.05) is 13.1 Å². The molecule has 0 unspecified atom stereocenters. The van der Waals surface area contributed by atoms with E-state index in [1.54, 1.807) is 26.0 Å². The highest BCUT2D eigenvalue weighted by Gasteiger charge is 2.21. The van der Waals surface area contributed by atoms with E-state index in [1.807, 2.05) is 0 Å². The molecule has 0 aliphatic carbocycles. The van der Waals surface area contributed by atoms with Gasteiger partial charge in [0.05, 0.1) is 9.79 Å². The molecule has 136 valence electrons. The summed E-state index contributed by atoms with van der Waals surface area (Å²) in [6.07, 6.45) is 0. The lowest BCUT2D eigenvalue weighted by molar-refractivity contribution is 0.445. The molecule has 0 fully saturated rings. The van der Waals surface area contributed by atoms with Crippen LogP contribution in [0.3, 0.4) is 0 Å². The summed E-state index contributed by atoms with van der Waals surface area (Å²) in [7, 11) is -2.05. The Hall–Kier alpha value is -1.61. The van der Waals surface area contributed by atoms with Gasteiger partial charge in [0.2, 0.25) is 10.0 Å². The second-order valence-electron chi connectivity index (χ2n) is 5.07. The van der Waals surface area contributed by atoms with Gasteiger partial charge in [-0.3, -0.25) is 0 Å². The first-order chi connectivity index (χ1) is 11.7. The minimum atomic E-state index is -3.78. The van der Waals surface area contributed by atoms with E-state index in [9.17, 15) is 16.8 Å². The van der Waals surface area contributed by atoms with Crippen LogP contribution in [0.5, 0.6) is 11.5 Å². The van der Waals surface area contributed by atoms with Crippen molar-refractivity contribution in [3.05, 3.63) is 48.5 Å². The fourth-order valence-electron chi connectivity index (χ4n) is 2.20. The first-order valence-corrected chi connectivity index (χ1v) is 11.3. The van der Waals surface area contributed by atoms with Crippen LogP contribution in [0.1, 0.15) is 13.8 Å². The maximum atomic E-state index is 12.4.